The molecular weight excluding hydrogens is 278 g/mol. The van der Waals surface area contributed by atoms with Crippen LogP contribution in [0.15, 0.2) is 0 Å². The number of fused-ring (bicyclic) bond motifs is 1. The molecule has 108 valence electrons. The second-order valence-corrected chi connectivity index (χ2v) is 5.66. The summed E-state index contributed by atoms with van der Waals surface area (Å²) in [6.07, 6.45) is 1.46. The first kappa shape index (κ1) is 13.4. The summed E-state index contributed by atoms with van der Waals surface area (Å²) in [5, 5.41) is 4.40. The zero-order valence-electron chi connectivity index (χ0n) is 11.9. The van der Waals surface area contributed by atoms with Gasteiger partial charge in [0.15, 0.2) is 5.65 Å². The van der Waals surface area contributed by atoms with Crippen molar-refractivity contribution in [3.8, 4) is 0 Å². The van der Waals surface area contributed by atoms with Crippen LogP contribution < -0.4 is 0 Å². The quantitative estimate of drug-likeness (QED) is 0.801. The fourth-order valence-electron chi connectivity index (χ4n) is 2.97. The van der Waals surface area contributed by atoms with Crippen molar-refractivity contribution in [2.24, 2.45) is 7.05 Å². The van der Waals surface area contributed by atoms with Gasteiger partial charge in [0.25, 0.3) is 0 Å². The van der Waals surface area contributed by atoms with Crippen molar-refractivity contribution in [1.82, 2.24) is 24.2 Å². The Morgan fingerprint density at radius 3 is 2.75 bits per heavy atom. The van der Waals surface area contributed by atoms with Gasteiger partial charge in [0.05, 0.1) is 5.69 Å². The SMILES string of the molecule is Cc1nn(C)c2c1nc(CCCl)n2C1CCN(C)C1=O. The molecule has 0 aromatic carbocycles. The molecule has 1 amide bonds. The Bertz CT molecular complexity index is 674. The highest BCUT2D eigenvalue weighted by molar-refractivity contribution is 6.17. The molecule has 1 aliphatic heterocycles. The van der Waals surface area contributed by atoms with Crippen molar-refractivity contribution in [2.45, 2.75) is 25.8 Å². The van der Waals surface area contributed by atoms with Crippen LogP contribution in [0.3, 0.4) is 0 Å². The molecule has 20 heavy (non-hydrogen) atoms. The van der Waals surface area contributed by atoms with E-state index in [1.54, 1.807) is 9.58 Å². The number of likely N-dealkylation sites (N-methyl/N-ethyl adjacent to an activating group) is 1. The van der Waals surface area contributed by atoms with Crippen LogP contribution >= 0.6 is 11.6 Å². The van der Waals surface area contributed by atoms with Gasteiger partial charge in [0.2, 0.25) is 5.91 Å². The van der Waals surface area contributed by atoms with Gasteiger partial charge in [-0.05, 0) is 13.3 Å². The Hall–Kier alpha value is -1.56. The Kier molecular flexibility index (Phi) is 3.20. The smallest absolute Gasteiger partial charge is 0.245 e. The van der Waals surface area contributed by atoms with Gasteiger partial charge in [-0.1, -0.05) is 0 Å². The number of carbonyl (C=O) groups excluding carboxylic acids is 1. The molecule has 6 nitrogen and oxygen atoms in total. The van der Waals surface area contributed by atoms with Gasteiger partial charge in [0, 0.05) is 32.9 Å². The molecule has 3 rings (SSSR count). The molecule has 0 aliphatic carbocycles. The maximum atomic E-state index is 12.3. The third-order valence-electron chi connectivity index (χ3n) is 3.94. The highest BCUT2D eigenvalue weighted by atomic mass is 35.5. The first-order chi connectivity index (χ1) is 9.54. The number of rotatable bonds is 3. The maximum Gasteiger partial charge on any atom is 0.245 e. The van der Waals surface area contributed by atoms with Gasteiger partial charge in [-0.15, -0.1) is 11.6 Å². The molecule has 2 aromatic heterocycles. The van der Waals surface area contributed by atoms with Gasteiger partial charge in [-0.3, -0.25) is 9.48 Å². The highest BCUT2D eigenvalue weighted by Gasteiger charge is 2.34. The molecule has 1 unspecified atom stereocenters. The van der Waals surface area contributed by atoms with Crippen LogP contribution in [0.5, 0.6) is 0 Å². The minimum Gasteiger partial charge on any atom is -0.344 e. The summed E-state index contributed by atoms with van der Waals surface area (Å²) < 4.78 is 3.84. The molecule has 0 radical (unpaired) electrons. The van der Waals surface area contributed by atoms with Gasteiger partial charge >= 0.3 is 0 Å². The molecule has 1 saturated heterocycles. The van der Waals surface area contributed by atoms with Crippen molar-refractivity contribution in [3.63, 3.8) is 0 Å². The van der Waals surface area contributed by atoms with E-state index >= 15 is 0 Å². The number of alkyl halides is 1. The standard InChI is InChI=1S/C13H18ClN5O/c1-8-11-12(18(3)16-8)19(10(15-11)4-6-14)9-5-7-17(2)13(9)20/h9H,4-7H2,1-3H3. The molecule has 0 bridgehead atoms. The molecule has 0 spiro atoms. The summed E-state index contributed by atoms with van der Waals surface area (Å²) >= 11 is 5.88. The van der Waals surface area contributed by atoms with Crippen molar-refractivity contribution >= 4 is 28.7 Å². The Morgan fingerprint density at radius 1 is 1.40 bits per heavy atom. The van der Waals surface area contributed by atoms with Crippen LogP contribution in [-0.4, -0.2) is 49.6 Å². The normalized spacial score (nSPS) is 19.5. The number of hydrogen-bond donors (Lipinski definition) is 0. The van der Waals surface area contributed by atoms with E-state index in [2.05, 4.69) is 10.1 Å². The molecule has 1 aliphatic rings. The number of likely N-dealkylation sites (tertiary alicyclic amines) is 1. The minimum atomic E-state index is -0.182. The lowest BCUT2D eigenvalue weighted by Crippen LogP contribution is -2.26. The third-order valence-corrected chi connectivity index (χ3v) is 4.13. The molecule has 0 saturated carbocycles. The molecule has 1 atom stereocenters. The number of imidazole rings is 1. The second kappa shape index (κ2) is 4.77. The molecule has 7 heteroatoms. The third kappa shape index (κ3) is 1.82. The average Bonchev–Trinajstić information content (AvgIpc) is 3.00. The van der Waals surface area contributed by atoms with Crippen LogP contribution in [0, 0.1) is 6.92 Å². The summed E-state index contributed by atoms with van der Waals surface area (Å²) in [5.74, 6) is 1.51. The van der Waals surface area contributed by atoms with E-state index in [0.717, 1.165) is 35.6 Å². The number of aryl methyl sites for hydroxylation is 3. The lowest BCUT2D eigenvalue weighted by molar-refractivity contribution is -0.129. The van der Waals surface area contributed by atoms with Crippen molar-refractivity contribution < 1.29 is 4.79 Å². The minimum absolute atomic E-state index is 0.138. The molecule has 0 N–H and O–H groups in total. The first-order valence-electron chi connectivity index (χ1n) is 6.76. The predicted octanol–water partition coefficient (Wildman–Crippen LogP) is 1.26. The molecule has 1 fully saturated rings. The fourth-order valence-corrected chi connectivity index (χ4v) is 3.14. The van der Waals surface area contributed by atoms with E-state index in [4.69, 9.17) is 11.6 Å². The van der Waals surface area contributed by atoms with Crippen LogP contribution in [0.2, 0.25) is 0 Å². The number of amides is 1. The summed E-state index contributed by atoms with van der Waals surface area (Å²) in [5.41, 5.74) is 2.67. The molecule has 3 heterocycles. The zero-order chi connectivity index (χ0) is 14.4. The van der Waals surface area contributed by atoms with E-state index in [0.29, 0.717) is 12.3 Å². The number of carbonyl (C=O) groups is 1. The number of hydrogen-bond acceptors (Lipinski definition) is 3. The lowest BCUT2D eigenvalue weighted by atomic mass is 10.2. The second-order valence-electron chi connectivity index (χ2n) is 5.28. The Morgan fingerprint density at radius 2 is 2.15 bits per heavy atom. The summed E-state index contributed by atoms with van der Waals surface area (Å²) in [6, 6.07) is -0.182. The summed E-state index contributed by atoms with van der Waals surface area (Å²) in [6.45, 7) is 2.72. The molecular formula is C13H18ClN5O. The van der Waals surface area contributed by atoms with Crippen LogP contribution in [0.25, 0.3) is 11.2 Å². The Labute approximate surface area is 122 Å². The van der Waals surface area contributed by atoms with Gasteiger partial charge < -0.3 is 9.47 Å². The number of halogens is 1. The van der Waals surface area contributed by atoms with E-state index in [-0.39, 0.29) is 11.9 Å². The van der Waals surface area contributed by atoms with Gasteiger partial charge in [0.1, 0.15) is 17.4 Å². The lowest BCUT2D eigenvalue weighted by Gasteiger charge is -2.15. The Balaban J connectivity index is 2.21. The van der Waals surface area contributed by atoms with E-state index in [1.165, 1.54) is 0 Å². The van der Waals surface area contributed by atoms with Gasteiger partial charge in [-0.2, -0.15) is 5.10 Å². The van der Waals surface area contributed by atoms with Crippen molar-refractivity contribution in [1.29, 1.82) is 0 Å². The first-order valence-corrected chi connectivity index (χ1v) is 7.29. The summed E-state index contributed by atoms with van der Waals surface area (Å²) in [7, 11) is 3.73. The van der Waals surface area contributed by atoms with Crippen LogP contribution in [0.4, 0.5) is 0 Å². The predicted molar refractivity (Wildman–Crippen MR) is 77.0 cm³/mol. The topological polar surface area (TPSA) is 56.0 Å². The number of aromatic nitrogens is 4. The highest BCUT2D eigenvalue weighted by Crippen LogP contribution is 2.29. The van der Waals surface area contributed by atoms with Crippen LogP contribution in [0.1, 0.15) is 24.0 Å². The monoisotopic (exact) mass is 295 g/mol. The fraction of sp³-hybridized carbons (Fsp3) is 0.615. The van der Waals surface area contributed by atoms with Crippen LogP contribution in [-0.2, 0) is 18.3 Å². The largest absolute Gasteiger partial charge is 0.344 e. The van der Waals surface area contributed by atoms with Crippen molar-refractivity contribution in [3.05, 3.63) is 11.5 Å². The average molecular weight is 296 g/mol. The van der Waals surface area contributed by atoms with Crippen molar-refractivity contribution in [2.75, 3.05) is 19.5 Å². The van der Waals surface area contributed by atoms with E-state index in [1.807, 2.05) is 25.6 Å². The number of nitrogens with zero attached hydrogens (tertiary/aromatic N) is 5. The van der Waals surface area contributed by atoms with E-state index in [9.17, 15) is 4.79 Å². The zero-order valence-corrected chi connectivity index (χ0v) is 12.7. The van der Waals surface area contributed by atoms with Gasteiger partial charge in [-0.25, -0.2) is 4.98 Å². The molecule has 2 aromatic rings. The van der Waals surface area contributed by atoms with E-state index < -0.39 is 0 Å². The summed E-state index contributed by atoms with van der Waals surface area (Å²) in [4.78, 5) is 18.8. The maximum absolute atomic E-state index is 12.3.